The largest absolute Gasteiger partial charge is 0.382 e. The number of carbonyl (C=O) groups is 1. The second-order valence-corrected chi connectivity index (χ2v) is 10.6. The molecule has 0 N–H and O–H groups in total. The smallest absolute Gasteiger partial charge is 0.267 e. The summed E-state index contributed by atoms with van der Waals surface area (Å²) in [5, 5.41) is 0. The third-order valence-electron chi connectivity index (χ3n) is 6.54. The van der Waals surface area contributed by atoms with Gasteiger partial charge in [0.15, 0.2) is 0 Å². The van der Waals surface area contributed by atoms with Gasteiger partial charge >= 0.3 is 0 Å². The molecule has 0 atom stereocenters. The van der Waals surface area contributed by atoms with Crippen molar-refractivity contribution >= 4 is 57.4 Å². The Morgan fingerprint density at radius 2 is 1.82 bits per heavy atom. The SMILES string of the molecule is CCOCCCN1C(=O)/C(=C\c2c(N3CCN(c4ccccc4F)CC3)nc3ccccn3c2=O)SC1=S. The van der Waals surface area contributed by atoms with Crippen molar-refractivity contribution in [3.8, 4) is 0 Å². The summed E-state index contributed by atoms with van der Waals surface area (Å²) in [4.78, 5) is 37.6. The monoisotopic (exact) mass is 553 g/mol. The minimum absolute atomic E-state index is 0.218. The maximum Gasteiger partial charge on any atom is 0.267 e. The average Bonchev–Trinajstić information content (AvgIpc) is 3.20. The van der Waals surface area contributed by atoms with Gasteiger partial charge in [0, 0.05) is 52.1 Å². The van der Waals surface area contributed by atoms with Crippen LogP contribution in [0.2, 0.25) is 0 Å². The number of para-hydroxylation sites is 1. The van der Waals surface area contributed by atoms with Gasteiger partial charge in [-0.15, -0.1) is 0 Å². The van der Waals surface area contributed by atoms with Crippen molar-refractivity contribution in [2.24, 2.45) is 0 Å². The number of piperazine rings is 1. The molecule has 2 fully saturated rings. The van der Waals surface area contributed by atoms with E-state index in [0.717, 1.165) is 0 Å². The molecule has 2 aliphatic heterocycles. The maximum atomic E-state index is 14.4. The minimum atomic E-state index is -0.260. The molecule has 0 spiro atoms. The molecule has 198 valence electrons. The van der Waals surface area contributed by atoms with E-state index in [1.165, 1.54) is 22.2 Å². The summed E-state index contributed by atoms with van der Waals surface area (Å²) in [6, 6.07) is 12.1. The first-order chi connectivity index (χ1) is 18.5. The number of anilines is 2. The Morgan fingerprint density at radius 1 is 1.08 bits per heavy atom. The van der Waals surface area contributed by atoms with E-state index in [0.29, 0.717) is 84.3 Å². The summed E-state index contributed by atoms with van der Waals surface area (Å²) < 4.78 is 21.7. The topological polar surface area (TPSA) is 70.4 Å². The summed E-state index contributed by atoms with van der Waals surface area (Å²) >= 11 is 6.66. The van der Waals surface area contributed by atoms with Crippen LogP contribution in [-0.2, 0) is 9.53 Å². The molecule has 0 unspecified atom stereocenters. The number of nitrogens with zero attached hydrogens (tertiary/aromatic N) is 5. The van der Waals surface area contributed by atoms with Gasteiger partial charge in [-0.3, -0.25) is 18.9 Å². The normalized spacial score (nSPS) is 17.3. The molecular weight excluding hydrogens is 525 g/mol. The number of benzene rings is 1. The van der Waals surface area contributed by atoms with Crippen molar-refractivity contribution in [2.75, 3.05) is 55.7 Å². The molecule has 2 aliphatic rings. The van der Waals surface area contributed by atoms with Gasteiger partial charge in [-0.25, -0.2) is 9.37 Å². The van der Waals surface area contributed by atoms with Crippen LogP contribution in [0.4, 0.5) is 15.9 Å². The standard InChI is InChI=1S/C27H28FN5O3S2/c1-2-36-17-7-12-33-26(35)22(38-27(33)37)18-19-24(29-23-10-5-6-11-32(23)25(19)34)31-15-13-30(14-16-31)21-9-4-3-8-20(21)28/h3-6,8-11,18H,2,7,12-17H2,1H3/b22-18+. The van der Waals surface area contributed by atoms with E-state index in [-0.39, 0.29) is 17.3 Å². The van der Waals surface area contributed by atoms with E-state index in [1.54, 1.807) is 41.4 Å². The lowest BCUT2D eigenvalue weighted by Crippen LogP contribution is -2.47. The number of thioether (sulfide) groups is 1. The van der Waals surface area contributed by atoms with Crippen LogP contribution < -0.4 is 15.4 Å². The molecule has 0 saturated carbocycles. The second-order valence-electron chi connectivity index (χ2n) is 8.89. The molecule has 1 amide bonds. The van der Waals surface area contributed by atoms with Crippen molar-refractivity contribution < 1.29 is 13.9 Å². The zero-order valence-corrected chi connectivity index (χ0v) is 22.6. The zero-order chi connectivity index (χ0) is 26.6. The summed E-state index contributed by atoms with van der Waals surface area (Å²) in [5.41, 5.74) is 1.16. The Kier molecular flexibility index (Phi) is 8.06. The molecule has 1 aromatic carbocycles. The summed E-state index contributed by atoms with van der Waals surface area (Å²) in [6.07, 6.45) is 3.96. The van der Waals surface area contributed by atoms with Crippen LogP contribution in [-0.4, -0.2) is 70.4 Å². The summed E-state index contributed by atoms with van der Waals surface area (Å²) in [7, 11) is 0. The number of rotatable bonds is 8. The van der Waals surface area contributed by atoms with Crippen molar-refractivity contribution in [3.63, 3.8) is 0 Å². The van der Waals surface area contributed by atoms with Crippen molar-refractivity contribution in [1.82, 2.24) is 14.3 Å². The van der Waals surface area contributed by atoms with Crippen molar-refractivity contribution in [3.05, 3.63) is 75.3 Å². The van der Waals surface area contributed by atoms with Gasteiger partial charge in [0.25, 0.3) is 11.5 Å². The third kappa shape index (κ3) is 5.31. The highest BCUT2D eigenvalue weighted by molar-refractivity contribution is 8.26. The van der Waals surface area contributed by atoms with Crippen LogP contribution in [0.5, 0.6) is 0 Å². The van der Waals surface area contributed by atoms with Crippen molar-refractivity contribution in [1.29, 1.82) is 0 Å². The number of hydrogen-bond acceptors (Lipinski definition) is 8. The quantitative estimate of drug-likeness (QED) is 0.237. The number of ether oxygens (including phenoxy) is 1. The van der Waals surface area contributed by atoms with Crippen LogP contribution >= 0.6 is 24.0 Å². The average molecular weight is 554 g/mol. The number of aromatic nitrogens is 2. The number of thiocarbonyl (C=S) groups is 1. The van der Waals surface area contributed by atoms with Crippen LogP contribution in [0.25, 0.3) is 11.7 Å². The molecule has 0 radical (unpaired) electrons. The lowest BCUT2D eigenvalue weighted by Gasteiger charge is -2.37. The van der Waals surface area contributed by atoms with Gasteiger partial charge < -0.3 is 14.5 Å². The molecule has 2 aromatic heterocycles. The molecular formula is C27H28FN5O3S2. The van der Waals surface area contributed by atoms with Gasteiger partial charge in [0.05, 0.1) is 16.2 Å². The second kappa shape index (κ2) is 11.6. The highest BCUT2D eigenvalue weighted by Gasteiger charge is 2.33. The lowest BCUT2D eigenvalue weighted by molar-refractivity contribution is -0.122. The Balaban J connectivity index is 1.45. The molecule has 4 heterocycles. The fraction of sp³-hybridized carbons (Fsp3) is 0.333. The number of halogens is 1. The van der Waals surface area contributed by atoms with Gasteiger partial charge in [-0.05, 0) is 43.7 Å². The van der Waals surface area contributed by atoms with Gasteiger partial charge in [0.1, 0.15) is 21.6 Å². The number of carbonyl (C=O) groups excluding carboxylic acids is 1. The molecule has 8 nitrogen and oxygen atoms in total. The van der Waals surface area contributed by atoms with E-state index in [4.69, 9.17) is 21.9 Å². The molecule has 0 aliphatic carbocycles. The first-order valence-corrected chi connectivity index (χ1v) is 13.8. The van der Waals surface area contributed by atoms with Crippen molar-refractivity contribution in [2.45, 2.75) is 13.3 Å². The number of hydrogen-bond donors (Lipinski definition) is 0. The van der Waals surface area contributed by atoms with Gasteiger partial charge in [-0.1, -0.05) is 42.2 Å². The first kappa shape index (κ1) is 26.3. The van der Waals surface area contributed by atoms with E-state index in [1.807, 2.05) is 28.9 Å². The van der Waals surface area contributed by atoms with Gasteiger partial charge in [-0.2, -0.15) is 0 Å². The van der Waals surface area contributed by atoms with Crippen LogP contribution in [0.1, 0.15) is 18.9 Å². The Bertz CT molecular complexity index is 1450. The lowest BCUT2D eigenvalue weighted by atomic mass is 10.2. The summed E-state index contributed by atoms with van der Waals surface area (Å²) in [5.74, 6) is 0.0346. The predicted octanol–water partition coefficient (Wildman–Crippen LogP) is 3.79. The molecule has 2 saturated heterocycles. The Morgan fingerprint density at radius 3 is 2.58 bits per heavy atom. The molecule has 3 aromatic rings. The van der Waals surface area contributed by atoms with E-state index < -0.39 is 0 Å². The van der Waals surface area contributed by atoms with E-state index >= 15 is 0 Å². The van der Waals surface area contributed by atoms with Crippen LogP contribution in [0.3, 0.4) is 0 Å². The fourth-order valence-electron chi connectivity index (χ4n) is 4.62. The fourth-order valence-corrected chi connectivity index (χ4v) is 5.91. The molecule has 11 heteroatoms. The highest BCUT2D eigenvalue weighted by Crippen LogP contribution is 2.34. The van der Waals surface area contributed by atoms with E-state index in [2.05, 4.69) is 0 Å². The number of amides is 1. The molecule has 0 bridgehead atoms. The number of fused-ring (bicyclic) bond motifs is 1. The Hall–Kier alpha value is -3.28. The zero-order valence-electron chi connectivity index (χ0n) is 21.0. The molecule has 38 heavy (non-hydrogen) atoms. The first-order valence-electron chi connectivity index (χ1n) is 12.6. The minimum Gasteiger partial charge on any atom is -0.382 e. The van der Waals surface area contributed by atoms with Crippen LogP contribution in [0, 0.1) is 5.82 Å². The van der Waals surface area contributed by atoms with Crippen LogP contribution in [0.15, 0.2) is 58.4 Å². The Labute approximate surface area is 229 Å². The number of pyridine rings is 1. The third-order valence-corrected chi connectivity index (χ3v) is 7.92. The predicted molar refractivity (Wildman–Crippen MR) is 153 cm³/mol. The van der Waals surface area contributed by atoms with E-state index in [9.17, 15) is 14.0 Å². The van der Waals surface area contributed by atoms with Gasteiger partial charge in [0.2, 0.25) is 0 Å². The summed E-state index contributed by atoms with van der Waals surface area (Å²) in [6.45, 7) is 5.78. The maximum absolute atomic E-state index is 14.4. The highest BCUT2D eigenvalue weighted by atomic mass is 32.2. The molecule has 5 rings (SSSR count).